The molecule has 3 heterocycles. The van der Waals surface area contributed by atoms with Gasteiger partial charge in [-0.3, -0.25) is 0 Å². The first-order valence-corrected chi connectivity index (χ1v) is 7.80. The average Bonchev–Trinajstić information content (AvgIpc) is 3.02. The quantitative estimate of drug-likeness (QED) is 0.632. The number of carbonyl (C=O) groups is 1. The highest BCUT2D eigenvalue weighted by molar-refractivity contribution is 5.95. The number of rotatable bonds is 0. The van der Waals surface area contributed by atoms with Crippen LogP contribution in [0.3, 0.4) is 0 Å². The van der Waals surface area contributed by atoms with Gasteiger partial charge in [0.15, 0.2) is 5.65 Å². The fraction of sp³-hybridized carbons (Fsp3) is 0.235. The van der Waals surface area contributed by atoms with E-state index in [0.29, 0.717) is 29.3 Å². The number of benzene rings is 1. The molecule has 1 aromatic carbocycles. The second kappa shape index (κ2) is 6.04. The maximum absolute atomic E-state index is 13.6. The van der Waals surface area contributed by atoms with E-state index in [2.05, 4.69) is 15.4 Å². The van der Waals surface area contributed by atoms with Crippen LogP contribution in [0.5, 0.6) is 5.75 Å². The van der Waals surface area contributed by atoms with Gasteiger partial charge in [-0.25, -0.2) is 18.7 Å². The molecule has 0 amide bonds. The van der Waals surface area contributed by atoms with Crippen molar-refractivity contribution in [3.05, 3.63) is 53.6 Å². The predicted octanol–water partition coefficient (Wildman–Crippen LogP) is 2.42. The van der Waals surface area contributed by atoms with Crippen molar-refractivity contribution in [3.8, 4) is 5.75 Å². The van der Waals surface area contributed by atoms with Gasteiger partial charge in [0.05, 0.1) is 6.20 Å². The van der Waals surface area contributed by atoms with Crippen LogP contribution in [-0.4, -0.2) is 33.3 Å². The number of halogens is 1. The van der Waals surface area contributed by atoms with Crippen LogP contribution in [0, 0.1) is 5.82 Å². The van der Waals surface area contributed by atoms with Crippen LogP contribution < -0.4 is 10.1 Å². The Morgan fingerprint density at radius 2 is 2.24 bits per heavy atom. The standard InChI is InChI=1S/C17H15FN4O3/c1-10-9-24-17(23)13-8-20-22-5-4-15(21-16(13)22)19-7-11-6-12(18)2-3-14(11)25-10/h2-6,8,10H,7,9H2,1H3,(H,19,21)/t10-/m0/s1. The Kier molecular flexibility index (Phi) is 3.72. The van der Waals surface area contributed by atoms with Crippen LogP contribution in [0.2, 0.25) is 0 Å². The normalized spacial score (nSPS) is 17.5. The van der Waals surface area contributed by atoms with Gasteiger partial charge in [0.2, 0.25) is 0 Å². The van der Waals surface area contributed by atoms with Crippen LogP contribution in [0.1, 0.15) is 22.8 Å². The number of nitrogens with one attached hydrogen (secondary N) is 1. The van der Waals surface area contributed by atoms with Gasteiger partial charge in [0, 0.05) is 18.3 Å². The molecule has 0 fully saturated rings. The molecule has 0 radical (unpaired) electrons. The van der Waals surface area contributed by atoms with Gasteiger partial charge in [0.25, 0.3) is 0 Å². The SMILES string of the molecule is C[C@H]1COC(=O)c2cnn3ccc(nc23)NCc2cc(F)ccc2O1. The number of carbonyl (C=O) groups excluding carboxylic acids is 1. The molecule has 4 rings (SSSR count). The monoisotopic (exact) mass is 342 g/mol. The maximum Gasteiger partial charge on any atom is 0.343 e. The van der Waals surface area contributed by atoms with Crippen LogP contribution in [0.25, 0.3) is 5.65 Å². The zero-order valence-corrected chi connectivity index (χ0v) is 13.4. The highest BCUT2D eigenvalue weighted by atomic mass is 19.1. The van der Waals surface area contributed by atoms with Crippen LogP contribution >= 0.6 is 0 Å². The number of ether oxygens (including phenoxy) is 2. The van der Waals surface area contributed by atoms with Crippen molar-refractivity contribution in [1.82, 2.24) is 14.6 Å². The lowest BCUT2D eigenvalue weighted by atomic mass is 10.2. The maximum atomic E-state index is 13.6. The average molecular weight is 342 g/mol. The number of esters is 1. The summed E-state index contributed by atoms with van der Waals surface area (Å²) in [5.74, 6) is 0.188. The van der Waals surface area contributed by atoms with E-state index in [1.165, 1.54) is 22.8 Å². The fourth-order valence-corrected chi connectivity index (χ4v) is 2.62. The third kappa shape index (κ3) is 2.98. The van der Waals surface area contributed by atoms with Gasteiger partial charge in [-0.1, -0.05) is 0 Å². The Bertz CT molecular complexity index is 956. The zero-order valence-electron chi connectivity index (χ0n) is 13.4. The minimum Gasteiger partial charge on any atom is -0.487 e. The number of fused-ring (bicyclic) bond motifs is 2. The minimum absolute atomic E-state index is 0.0557. The number of aromatic nitrogens is 3. The molecule has 1 aliphatic heterocycles. The first-order chi connectivity index (χ1) is 12.1. The molecule has 25 heavy (non-hydrogen) atoms. The van der Waals surface area contributed by atoms with E-state index >= 15 is 0 Å². The van der Waals surface area contributed by atoms with E-state index in [1.54, 1.807) is 25.3 Å². The molecule has 2 bridgehead atoms. The van der Waals surface area contributed by atoms with E-state index in [9.17, 15) is 9.18 Å². The van der Waals surface area contributed by atoms with E-state index in [0.717, 1.165) is 0 Å². The summed E-state index contributed by atoms with van der Waals surface area (Å²) in [7, 11) is 0. The minimum atomic E-state index is -0.520. The highest BCUT2D eigenvalue weighted by Crippen LogP contribution is 2.23. The molecular weight excluding hydrogens is 327 g/mol. The predicted molar refractivity (Wildman–Crippen MR) is 87.1 cm³/mol. The van der Waals surface area contributed by atoms with Gasteiger partial charge in [-0.15, -0.1) is 0 Å². The third-order valence-corrected chi connectivity index (χ3v) is 3.85. The Hall–Kier alpha value is -3.16. The molecule has 0 saturated heterocycles. The summed E-state index contributed by atoms with van der Waals surface area (Å²) in [6.45, 7) is 2.15. The van der Waals surface area contributed by atoms with E-state index in [4.69, 9.17) is 9.47 Å². The number of cyclic esters (lactones) is 1. The van der Waals surface area contributed by atoms with Gasteiger partial charge in [-0.2, -0.15) is 5.10 Å². The second-order valence-electron chi connectivity index (χ2n) is 5.77. The summed E-state index contributed by atoms with van der Waals surface area (Å²) in [6.07, 6.45) is 2.72. The lowest BCUT2D eigenvalue weighted by Gasteiger charge is -2.17. The Labute approximate surface area is 142 Å². The van der Waals surface area contributed by atoms with E-state index < -0.39 is 12.1 Å². The fourth-order valence-electron chi connectivity index (χ4n) is 2.62. The van der Waals surface area contributed by atoms with Crippen molar-refractivity contribution in [2.24, 2.45) is 0 Å². The Morgan fingerprint density at radius 1 is 1.36 bits per heavy atom. The van der Waals surface area contributed by atoms with Crippen LogP contribution in [0.15, 0.2) is 36.7 Å². The molecule has 3 aromatic rings. The van der Waals surface area contributed by atoms with E-state index in [1.807, 2.05) is 0 Å². The molecular formula is C17H15FN4O3. The van der Waals surface area contributed by atoms with Crippen molar-refractivity contribution in [2.75, 3.05) is 11.9 Å². The Balaban J connectivity index is 1.77. The van der Waals surface area contributed by atoms with Crippen LogP contribution in [-0.2, 0) is 11.3 Å². The zero-order chi connectivity index (χ0) is 17.4. The summed E-state index contributed by atoms with van der Waals surface area (Å²) in [6, 6.07) is 6.02. The Morgan fingerprint density at radius 3 is 3.12 bits per heavy atom. The van der Waals surface area contributed by atoms with Crippen molar-refractivity contribution in [3.63, 3.8) is 0 Å². The molecule has 0 saturated carbocycles. The first kappa shape index (κ1) is 15.4. The number of hydrogen-bond donors (Lipinski definition) is 1. The lowest BCUT2D eigenvalue weighted by molar-refractivity contribution is 0.0342. The van der Waals surface area contributed by atoms with Crippen molar-refractivity contribution in [2.45, 2.75) is 19.6 Å². The molecule has 1 aliphatic rings. The molecule has 1 N–H and O–H groups in total. The van der Waals surface area contributed by atoms with Gasteiger partial charge < -0.3 is 14.8 Å². The topological polar surface area (TPSA) is 77.8 Å². The molecule has 0 unspecified atom stereocenters. The molecule has 1 atom stereocenters. The number of anilines is 1. The molecule has 128 valence electrons. The van der Waals surface area contributed by atoms with Gasteiger partial charge in [0.1, 0.15) is 35.7 Å². The largest absolute Gasteiger partial charge is 0.487 e. The summed E-state index contributed by atoms with van der Waals surface area (Å²) in [5.41, 5.74) is 1.31. The van der Waals surface area contributed by atoms with Crippen LogP contribution in [0.4, 0.5) is 10.2 Å². The summed E-state index contributed by atoms with van der Waals surface area (Å²) >= 11 is 0. The van der Waals surface area contributed by atoms with E-state index in [-0.39, 0.29) is 18.0 Å². The lowest BCUT2D eigenvalue weighted by Crippen LogP contribution is -2.22. The molecule has 8 heteroatoms. The summed E-state index contributed by atoms with van der Waals surface area (Å²) < 4.78 is 26.2. The molecule has 0 spiro atoms. The first-order valence-electron chi connectivity index (χ1n) is 7.80. The van der Waals surface area contributed by atoms with Crippen molar-refractivity contribution in [1.29, 1.82) is 0 Å². The smallest absolute Gasteiger partial charge is 0.343 e. The molecule has 2 aromatic heterocycles. The summed E-state index contributed by atoms with van der Waals surface area (Å²) in [5, 5.41) is 7.21. The van der Waals surface area contributed by atoms with Crippen molar-refractivity contribution < 1.29 is 18.7 Å². The van der Waals surface area contributed by atoms with Gasteiger partial charge in [-0.05, 0) is 31.2 Å². The molecule has 7 nitrogen and oxygen atoms in total. The molecule has 0 aliphatic carbocycles. The highest BCUT2D eigenvalue weighted by Gasteiger charge is 2.19. The van der Waals surface area contributed by atoms with Crippen molar-refractivity contribution >= 4 is 17.4 Å². The van der Waals surface area contributed by atoms with Gasteiger partial charge >= 0.3 is 5.97 Å². The summed E-state index contributed by atoms with van der Waals surface area (Å²) in [4.78, 5) is 16.7. The second-order valence-corrected chi connectivity index (χ2v) is 5.77. The third-order valence-electron chi connectivity index (χ3n) is 3.85. The number of hydrogen-bond acceptors (Lipinski definition) is 6. The number of nitrogens with zero attached hydrogens (tertiary/aromatic N) is 3.